The number of alkyl halides is 1. The molecule has 0 aliphatic carbocycles. The van der Waals surface area contributed by atoms with E-state index in [1.807, 2.05) is 27.7 Å². The van der Waals surface area contributed by atoms with Gasteiger partial charge in [0.05, 0.1) is 6.10 Å². The van der Waals surface area contributed by atoms with E-state index < -0.39 is 35.4 Å². The molecule has 1 aliphatic rings. The van der Waals surface area contributed by atoms with E-state index in [0.717, 1.165) is 25.7 Å². The number of hydrogen-bond donors (Lipinski definition) is 4. The highest BCUT2D eigenvalue weighted by atomic mass is 19.1. The quantitative estimate of drug-likeness (QED) is 0.371. The predicted octanol–water partition coefficient (Wildman–Crippen LogP) is 4.00. The molecule has 0 radical (unpaired) electrons. The second-order valence-electron chi connectivity index (χ2n) is 8.60. The molecular weight excluding hydrogens is 363 g/mol. The first-order valence-electron chi connectivity index (χ1n) is 11.3. The van der Waals surface area contributed by atoms with Gasteiger partial charge in [0, 0.05) is 0 Å². The topological polar surface area (TPSA) is 90.2 Å². The summed E-state index contributed by atoms with van der Waals surface area (Å²) in [6.45, 7) is 7.81. The number of rotatable bonds is 13. The van der Waals surface area contributed by atoms with Crippen molar-refractivity contribution in [3.8, 4) is 0 Å². The van der Waals surface area contributed by atoms with Crippen molar-refractivity contribution in [2.45, 2.75) is 140 Å². The van der Waals surface area contributed by atoms with Crippen LogP contribution in [0.15, 0.2) is 0 Å². The van der Waals surface area contributed by atoms with E-state index in [0.29, 0.717) is 32.1 Å². The van der Waals surface area contributed by atoms with E-state index in [2.05, 4.69) is 0 Å². The van der Waals surface area contributed by atoms with Crippen LogP contribution >= 0.6 is 0 Å². The molecule has 0 aromatic rings. The molecule has 0 aromatic carbocycles. The van der Waals surface area contributed by atoms with E-state index >= 15 is 4.39 Å². The molecule has 6 heteroatoms. The number of hydrogen-bond acceptors (Lipinski definition) is 5. The monoisotopic (exact) mass is 406 g/mol. The zero-order valence-corrected chi connectivity index (χ0v) is 18.3. The predicted molar refractivity (Wildman–Crippen MR) is 109 cm³/mol. The average Bonchev–Trinajstić information content (AvgIpc) is 2.69. The van der Waals surface area contributed by atoms with E-state index in [1.165, 1.54) is 0 Å². The molecule has 0 spiro atoms. The Kier molecular flexibility index (Phi) is 10.3. The maximum Gasteiger partial charge on any atom is 0.231 e. The number of ether oxygens (including phenoxy) is 1. The second kappa shape index (κ2) is 11.2. The van der Waals surface area contributed by atoms with Crippen LogP contribution in [0.4, 0.5) is 4.39 Å². The fourth-order valence-corrected chi connectivity index (χ4v) is 4.55. The van der Waals surface area contributed by atoms with E-state index in [4.69, 9.17) is 4.74 Å². The molecule has 5 nitrogen and oxygen atoms in total. The van der Waals surface area contributed by atoms with Crippen LogP contribution in [0, 0.1) is 0 Å². The maximum atomic E-state index is 15.2. The molecule has 1 aliphatic heterocycles. The Balaban J connectivity index is 3.44. The lowest BCUT2D eigenvalue weighted by Gasteiger charge is -2.60. The summed E-state index contributed by atoms with van der Waals surface area (Å²) < 4.78 is 20.7. The van der Waals surface area contributed by atoms with Crippen molar-refractivity contribution < 1.29 is 29.6 Å². The van der Waals surface area contributed by atoms with Gasteiger partial charge in [0.2, 0.25) is 6.36 Å². The Bertz CT molecular complexity index is 451. The van der Waals surface area contributed by atoms with Crippen LogP contribution in [0.3, 0.4) is 0 Å². The lowest BCUT2D eigenvalue weighted by atomic mass is 9.60. The molecule has 6 atom stereocenters. The Labute approximate surface area is 170 Å². The van der Waals surface area contributed by atoms with Crippen molar-refractivity contribution >= 4 is 0 Å². The third-order valence-corrected chi connectivity index (χ3v) is 6.46. The normalized spacial score (nSPS) is 37.2. The van der Waals surface area contributed by atoms with Gasteiger partial charge in [-0.25, -0.2) is 4.39 Å². The third-order valence-electron chi connectivity index (χ3n) is 6.46. The standard InChI is InChI=1S/C22H43FO5/c1-5-9-13-17(24)18-20(25,14-10-6-2)22(27,16-12-8-4)21(26,15-11-7-3)19(23)28-18/h17-19,24-27H,5-16H2,1-4H3/t17?,18-,19+,20-,21+,22+/m1/s1. The molecule has 168 valence electrons. The van der Waals surface area contributed by atoms with Gasteiger partial charge in [0.1, 0.15) is 17.3 Å². The fourth-order valence-electron chi connectivity index (χ4n) is 4.55. The summed E-state index contributed by atoms with van der Waals surface area (Å²) in [7, 11) is 0. The van der Waals surface area contributed by atoms with Gasteiger partial charge in [-0.3, -0.25) is 0 Å². The lowest BCUT2D eigenvalue weighted by Crippen LogP contribution is -2.80. The highest BCUT2D eigenvalue weighted by molar-refractivity contribution is 5.19. The maximum absolute atomic E-state index is 15.2. The van der Waals surface area contributed by atoms with Gasteiger partial charge < -0.3 is 25.2 Å². The minimum atomic E-state index is -2.21. The molecule has 1 fully saturated rings. The van der Waals surface area contributed by atoms with Crippen LogP contribution in [0.2, 0.25) is 0 Å². The van der Waals surface area contributed by atoms with Crippen LogP contribution in [0.25, 0.3) is 0 Å². The first-order valence-corrected chi connectivity index (χ1v) is 11.3. The molecule has 1 rings (SSSR count). The molecule has 4 N–H and O–H groups in total. The number of halogens is 1. The Hall–Kier alpha value is -0.270. The van der Waals surface area contributed by atoms with Gasteiger partial charge in [-0.1, -0.05) is 79.1 Å². The molecule has 1 heterocycles. The summed E-state index contributed by atoms with van der Waals surface area (Å²) in [6, 6.07) is 0. The summed E-state index contributed by atoms with van der Waals surface area (Å²) in [5, 5.41) is 45.6. The third kappa shape index (κ3) is 4.89. The number of aliphatic hydroxyl groups is 4. The van der Waals surface area contributed by atoms with Crippen LogP contribution in [0.1, 0.15) is 105 Å². The van der Waals surface area contributed by atoms with Gasteiger partial charge in [0.25, 0.3) is 0 Å². The molecular formula is C22H43FO5. The highest BCUT2D eigenvalue weighted by Gasteiger charge is 2.71. The smallest absolute Gasteiger partial charge is 0.231 e. The Morgan fingerprint density at radius 1 is 0.786 bits per heavy atom. The van der Waals surface area contributed by atoms with Crippen LogP contribution in [-0.2, 0) is 4.74 Å². The molecule has 28 heavy (non-hydrogen) atoms. The number of aliphatic hydroxyl groups excluding tert-OH is 1. The van der Waals surface area contributed by atoms with Gasteiger partial charge in [-0.2, -0.15) is 0 Å². The van der Waals surface area contributed by atoms with E-state index in [9.17, 15) is 20.4 Å². The first kappa shape index (κ1) is 25.8. The average molecular weight is 407 g/mol. The zero-order valence-electron chi connectivity index (χ0n) is 18.3. The molecule has 0 amide bonds. The van der Waals surface area contributed by atoms with Crippen molar-refractivity contribution in [1.82, 2.24) is 0 Å². The van der Waals surface area contributed by atoms with Crippen molar-refractivity contribution in [2.75, 3.05) is 0 Å². The molecule has 1 unspecified atom stereocenters. The summed E-state index contributed by atoms with van der Waals surface area (Å²) in [6.07, 6.45) is 1.36. The molecule has 0 saturated carbocycles. The fraction of sp³-hybridized carbons (Fsp3) is 1.00. The van der Waals surface area contributed by atoms with Crippen LogP contribution < -0.4 is 0 Å². The van der Waals surface area contributed by atoms with Gasteiger partial charge in [-0.15, -0.1) is 0 Å². The minimum absolute atomic E-state index is 0.00289. The molecule has 1 saturated heterocycles. The van der Waals surface area contributed by atoms with Gasteiger partial charge >= 0.3 is 0 Å². The summed E-state index contributed by atoms with van der Waals surface area (Å²) in [5.41, 5.74) is -6.21. The molecule has 0 bridgehead atoms. The van der Waals surface area contributed by atoms with Crippen molar-refractivity contribution in [2.24, 2.45) is 0 Å². The van der Waals surface area contributed by atoms with Gasteiger partial charge in [0.15, 0.2) is 5.60 Å². The van der Waals surface area contributed by atoms with Gasteiger partial charge in [-0.05, 0) is 25.7 Å². The largest absolute Gasteiger partial charge is 0.390 e. The molecule has 0 aromatic heterocycles. The highest BCUT2D eigenvalue weighted by Crippen LogP contribution is 2.52. The zero-order chi connectivity index (χ0) is 21.4. The Morgan fingerprint density at radius 3 is 1.75 bits per heavy atom. The van der Waals surface area contributed by atoms with E-state index in [1.54, 1.807) is 0 Å². The van der Waals surface area contributed by atoms with Crippen molar-refractivity contribution in [1.29, 1.82) is 0 Å². The van der Waals surface area contributed by atoms with Crippen LogP contribution in [0.5, 0.6) is 0 Å². The summed E-state index contributed by atoms with van der Waals surface area (Å²) in [4.78, 5) is 0. The Morgan fingerprint density at radius 2 is 1.25 bits per heavy atom. The number of unbranched alkanes of at least 4 members (excludes halogenated alkanes) is 4. The lowest BCUT2D eigenvalue weighted by molar-refractivity contribution is -0.392. The first-order chi connectivity index (χ1) is 13.2. The van der Waals surface area contributed by atoms with Crippen molar-refractivity contribution in [3.63, 3.8) is 0 Å². The SMILES string of the molecule is CCCCC(O)[C@H]1O[C@H](F)[C@@](O)(CCCC)[C@](O)(CCCC)[C@@]1(O)CCCC. The van der Waals surface area contributed by atoms with Crippen molar-refractivity contribution in [3.05, 3.63) is 0 Å². The minimum Gasteiger partial charge on any atom is -0.390 e. The summed E-state index contributed by atoms with van der Waals surface area (Å²) >= 11 is 0. The van der Waals surface area contributed by atoms with E-state index in [-0.39, 0.29) is 19.3 Å². The second-order valence-corrected chi connectivity index (χ2v) is 8.60. The van der Waals surface area contributed by atoms with Crippen LogP contribution in [-0.4, -0.2) is 55.8 Å². The summed E-state index contributed by atoms with van der Waals surface area (Å²) in [5.74, 6) is 0.